The first-order chi connectivity index (χ1) is 13.2. The fraction of sp³-hybridized carbons (Fsp3) is 0.400. The van der Waals surface area contributed by atoms with Gasteiger partial charge in [0.2, 0.25) is 0 Å². The van der Waals surface area contributed by atoms with E-state index in [-0.39, 0.29) is 41.8 Å². The second-order valence-electron chi connectivity index (χ2n) is 6.74. The molecule has 2 atom stereocenters. The molecule has 0 amide bonds. The lowest BCUT2D eigenvalue weighted by atomic mass is 9.77. The Kier molecular flexibility index (Phi) is 5.43. The summed E-state index contributed by atoms with van der Waals surface area (Å²) in [6, 6.07) is 6.32. The molecule has 1 aliphatic rings. The van der Waals surface area contributed by atoms with Gasteiger partial charge in [0.25, 0.3) is 0 Å². The average molecular weight is 397 g/mol. The van der Waals surface area contributed by atoms with Crippen molar-refractivity contribution in [3.63, 3.8) is 0 Å². The molecule has 4 nitrogen and oxygen atoms in total. The molecule has 1 N–H and O–H groups in total. The molecule has 0 aliphatic heterocycles. The number of ether oxygens (including phenoxy) is 1. The van der Waals surface area contributed by atoms with E-state index >= 15 is 4.39 Å². The van der Waals surface area contributed by atoms with Gasteiger partial charge in [0, 0.05) is 18.2 Å². The molecule has 0 spiro atoms. The average Bonchev–Trinajstić information content (AvgIpc) is 2.68. The van der Waals surface area contributed by atoms with Crippen molar-refractivity contribution in [1.29, 1.82) is 0 Å². The normalized spacial score (nSPS) is 21.9. The highest BCUT2D eigenvalue weighted by Gasteiger charge is 2.46. The van der Waals surface area contributed by atoms with Gasteiger partial charge in [-0.05, 0) is 43.0 Å². The SMILES string of the molecule is COc1ccc(CCC(=O)[C@]2(F)CC[C@H](O)c3ncccc32)c(C(F)(F)F)c1. The van der Waals surface area contributed by atoms with Crippen molar-refractivity contribution in [3.05, 3.63) is 58.9 Å². The number of Topliss-reactive ketones (excluding diaryl/α,β-unsaturated/α-hetero) is 1. The zero-order valence-electron chi connectivity index (χ0n) is 15.1. The summed E-state index contributed by atoms with van der Waals surface area (Å²) in [7, 11) is 1.26. The number of ketones is 1. The third kappa shape index (κ3) is 3.73. The van der Waals surface area contributed by atoms with Gasteiger partial charge < -0.3 is 9.84 Å². The Morgan fingerprint density at radius 2 is 2.11 bits per heavy atom. The number of carbonyl (C=O) groups is 1. The van der Waals surface area contributed by atoms with Crippen LogP contribution >= 0.6 is 0 Å². The van der Waals surface area contributed by atoms with E-state index in [2.05, 4.69) is 4.98 Å². The van der Waals surface area contributed by atoms with E-state index in [9.17, 15) is 23.1 Å². The van der Waals surface area contributed by atoms with E-state index in [1.807, 2.05) is 0 Å². The van der Waals surface area contributed by atoms with Crippen LogP contribution in [0.2, 0.25) is 0 Å². The molecule has 1 heterocycles. The van der Waals surface area contributed by atoms with Gasteiger partial charge in [0.05, 0.1) is 24.5 Å². The van der Waals surface area contributed by atoms with Crippen LogP contribution in [0.25, 0.3) is 0 Å². The molecule has 0 saturated carbocycles. The summed E-state index contributed by atoms with van der Waals surface area (Å²) in [5.74, 6) is -0.775. The fourth-order valence-corrected chi connectivity index (χ4v) is 3.53. The number of pyridine rings is 1. The van der Waals surface area contributed by atoms with E-state index in [0.717, 1.165) is 6.07 Å². The number of aliphatic hydroxyl groups excluding tert-OH is 1. The predicted molar refractivity (Wildman–Crippen MR) is 92.5 cm³/mol. The number of methoxy groups -OCH3 is 1. The van der Waals surface area contributed by atoms with E-state index in [1.54, 1.807) is 0 Å². The standard InChI is InChI=1S/C20H19F4NO3/c1-28-13-6-4-12(15(11-13)20(22,23)24)5-7-17(27)19(21)9-8-16(26)18-14(19)3-2-10-25-18/h2-4,6,10-11,16,26H,5,7-9H2,1H3/t16-,19-/m0/s1. The van der Waals surface area contributed by atoms with Crippen molar-refractivity contribution >= 4 is 5.78 Å². The number of aryl methyl sites for hydroxylation is 1. The molecular weight excluding hydrogens is 378 g/mol. The molecule has 28 heavy (non-hydrogen) atoms. The molecule has 0 unspecified atom stereocenters. The summed E-state index contributed by atoms with van der Waals surface area (Å²) >= 11 is 0. The molecule has 0 fully saturated rings. The Labute approximate surface area is 159 Å². The molecule has 1 aromatic heterocycles. The van der Waals surface area contributed by atoms with Gasteiger partial charge in [-0.2, -0.15) is 13.2 Å². The summed E-state index contributed by atoms with van der Waals surface area (Å²) in [5.41, 5.74) is -3.29. The highest BCUT2D eigenvalue weighted by molar-refractivity contribution is 5.89. The first-order valence-electron chi connectivity index (χ1n) is 8.76. The van der Waals surface area contributed by atoms with E-state index < -0.39 is 35.7 Å². The molecule has 1 aliphatic carbocycles. The van der Waals surface area contributed by atoms with Crippen molar-refractivity contribution < 1.29 is 32.2 Å². The monoisotopic (exact) mass is 397 g/mol. The third-order valence-electron chi connectivity index (χ3n) is 5.03. The number of fused-ring (bicyclic) bond motifs is 1. The highest BCUT2D eigenvalue weighted by atomic mass is 19.4. The molecular formula is C20H19F4NO3. The lowest BCUT2D eigenvalue weighted by molar-refractivity contribution is -0.139. The summed E-state index contributed by atoms with van der Waals surface area (Å²) in [4.78, 5) is 16.6. The summed E-state index contributed by atoms with van der Waals surface area (Å²) in [6.07, 6.45) is -5.08. The third-order valence-corrected chi connectivity index (χ3v) is 5.03. The Balaban J connectivity index is 1.85. The summed E-state index contributed by atoms with van der Waals surface area (Å²) in [6.45, 7) is 0. The fourth-order valence-electron chi connectivity index (χ4n) is 3.53. The van der Waals surface area contributed by atoms with Gasteiger partial charge in [-0.3, -0.25) is 9.78 Å². The van der Waals surface area contributed by atoms with Crippen LogP contribution in [0.3, 0.4) is 0 Å². The zero-order valence-corrected chi connectivity index (χ0v) is 15.1. The van der Waals surface area contributed by atoms with Crippen molar-refractivity contribution in [2.24, 2.45) is 0 Å². The number of halogens is 4. The molecule has 0 radical (unpaired) electrons. The molecule has 0 bridgehead atoms. The number of aromatic nitrogens is 1. The molecule has 8 heteroatoms. The molecule has 0 saturated heterocycles. The van der Waals surface area contributed by atoms with E-state index in [0.29, 0.717) is 0 Å². The van der Waals surface area contributed by atoms with Gasteiger partial charge in [0.15, 0.2) is 11.5 Å². The molecule has 1 aromatic carbocycles. The number of aliphatic hydroxyl groups is 1. The van der Waals surface area contributed by atoms with Gasteiger partial charge >= 0.3 is 6.18 Å². The predicted octanol–water partition coefficient (Wildman–Crippen LogP) is 4.30. The largest absolute Gasteiger partial charge is 0.497 e. The minimum absolute atomic E-state index is 0.00970. The van der Waals surface area contributed by atoms with Gasteiger partial charge in [-0.15, -0.1) is 0 Å². The van der Waals surface area contributed by atoms with Gasteiger partial charge in [-0.25, -0.2) is 4.39 Å². The first kappa shape index (κ1) is 20.3. The van der Waals surface area contributed by atoms with E-state index in [1.165, 1.54) is 37.6 Å². The van der Waals surface area contributed by atoms with E-state index in [4.69, 9.17) is 4.74 Å². The number of carbonyl (C=O) groups excluding carboxylic acids is 1. The van der Waals surface area contributed by atoms with Crippen molar-refractivity contribution in [1.82, 2.24) is 4.98 Å². The second-order valence-corrected chi connectivity index (χ2v) is 6.74. The van der Waals surface area contributed by atoms with Crippen LogP contribution in [0, 0.1) is 0 Å². The first-order valence-corrected chi connectivity index (χ1v) is 8.76. The van der Waals surface area contributed by atoms with Crippen LogP contribution in [0.5, 0.6) is 5.75 Å². The second kappa shape index (κ2) is 7.50. The minimum atomic E-state index is -4.62. The number of hydrogen-bond acceptors (Lipinski definition) is 4. The topological polar surface area (TPSA) is 59.4 Å². The number of rotatable bonds is 5. The number of alkyl halides is 4. The van der Waals surface area contributed by atoms with Crippen molar-refractivity contribution in [2.45, 2.75) is 43.6 Å². The molecule has 150 valence electrons. The van der Waals surface area contributed by atoms with Crippen molar-refractivity contribution in [2.75, 3.05) is 7.11 Å². The molecule has 3 rings (SSSR count). The zero-order chi connectivity index (χ0) is 20.5. The minimum Gasteiger partial charge on any atom is -0.497 e. The van der Waals surface area contributed by atoms with Crippen LogP contribution in [0.1, 0.15) is 47.8 Å². The maximum Gasteiger partial charge on any atom is 0.416 e. The maximum atomic E-state index is 15.5. The Morgan fingerprint density at radius 1 is 1.36 bits per heavy atom. The lowest BCUT2D eigenvalue weighted by Gasteiger charge is -2.32. The summed E-state index contributed by atoms with van der Waals surface area (Å²) in [5, 5.41) is 9.98. The van der Waals surface area contributed by atoms with Gasteiger partial charge in [0.1, 0.15) is 5.75 Å². The van der Waals surface area contributed by atoms with Crippen LogP contribution in [0.4, 0.5) is 17.6 Å². The van der Waals surface area contributed by atoms with Crippen LogP contribution in [0.15, 0.2) is 36.5 Å². The van der Waals surface area contributed by atoms with Gasteiger partial charge in [-0.1, -0.05) is 12.1 Å². The highest BCUT2D eigenvalue weighted by Crippen LogP contribution is 2.44. The number of hydrogen-bond donors (Lipinski definition) is 1. The Morgan fingerprint density at radius 3 is 2.79 bits per heavy atom. The number of nitrogens with zero attached hydrogens (tertiary/aromatic N) is 1. The smallest absolute Gasteiger partial charge is 0.416 e. The van der Waals surface area contributed by atoms with Crippen LogP contribution in [-0.4, -0.2) is 23.0 Å². The Bertz CT molecular complexity index is 884. The van der Waals surface area contributed by atoms with Crippen LogP contribution < -0.4 is 4.74 Å². The number of benzene rings is 1. The quantitative estimate of drug-likeness (QED) is 0.765. The summed E-state index contributed by atoms with van der Waals surface area (Å²) < 4.78 is 60.3. The van der Waals surface area contributed by atoms with Crippen molar-refractivity contribution in [3.8, 4) is 5.75 Å². The lowest BCUT2D eigenvalue weighted by Crippen LogP contribution is -2.37. The molecule has 2 aromatic rings. The maximum absolute atomic E-state index is 15.5. The Hall–Kier alpha value is -2.48. The van der Waals surface area contributed by atoms with Crippen LogP contribution in [-0.2, 0) is 23.1 Å².